The third-order valence-corrected chi connectivity index (χ3v) is 6.36. The Morgan fingerprint density at radius 2 is 1.55 bits per heavy atom. The lowest BCUT2D eigenvalue weighted by Gasteiger charge is -2.17. The average Bonchev–Trinajstić information content (AvgIpc) is 2.98. The van der Waals surface area contributed by atoms with Gasteiger partial charge < -0.3 is 20.4 Å². The van der Waals surface area contributed by atoms with Crippen LogP contribution in [-0.4, -0.2) is 20.4 Å². The van der Waals surface area contributed by atoms with E-state index in [1.54, 1.807) is 18.2 Å². The highest BCUT2D eigenvalue weighted by Crippen LogP contribution is 2.44. The lowest BCUT2D eigenvalue weighted by molar-refractivity contribution is 0.458. The molecule has 150 valence electrons. The summed E-state index contributed by atoms with van der Waals surface area (Å²) < 4.78 is 0. The van der Waals surface area contributed by atoms with Gasteiger partial charge in [0.1, 0.15) is 11.5 Å². The predicted molar refractivity (Wildman–Crippen MR) is 121 cm³/mol. The van der Waals surface area contributed by atoms with E-state index in [4.69, 9.17) is 0 Å². The minimum absolute atomic E-state index is 0.0722. The van der Waals surface area contributed by atoms with Crippen LogP contribution in [0.15, 0.2) is 53.3 Å². The number of phenols is 3. The van der Waals surface area contributed by atoms with E-state index in [-0.39, 0.29) is 17.1 Å². The molecule has 0 heterocycles. The molecule has 3 aliphatic rings. The van der Waals surface area contributed by atoms with Gasteiger partial charge in [0.15, 0.2) is 5.75 Å². The molecule has 0 fully saturated rings. The number of hydrogen-bond donors (Lipinski definition) is 4. The fraction of sp³-hybridized carbons (Fsp3) is 0.0385. The second kappa shape index (κ2) is 5.89. The van der Waals surface area contributed by atoms with E-state index < -0.39 is 11.2 Å². The van der Waals surface area contributed by atoms with Gasteiger partial charge in [-0.2, -0.15) is 0 Å². The molecule has 0 spiro atoms. The Kier molecular flexibility index (Phi) is 3.34. The molecule has 5 heteroatoms. The zero-order valence-electron chi connectivity index (χ0n) is 16.2. The zero-order chi connectivity index (χ0) is 21.4. The molecule has 0 aromatic heterocycles. The van der Waals surface area contributed by atoms with Gasteiger partial charge in [-0.15, -0.1) is 0 Å². The van der Waals surface area contributed by atoms with Crippen molar-refractivity contribution in [2.75, 3.05) is 0 Å². The second-order valence-corrected chi connectivity index (χ2v) is 7.89. The van der Waals surface area contributed by atoms with Crippen molar-refractivity contribution < 1.29 is 20.4 Å². The summed E-state index contributed by atoms with van der Waals surface area (Å²) in [5.74, 6) is -0.618. The molecule has 0 radical (unpaired) electrons. The third kappa shape index (κ3) is 2.17. The van der Waals surface area contributed by atoms with Crippen LogP contribution in [0.1, 0.15) is 5.56 Å². The first-order valence-electron chi connectivity index (χ1n) is 9.86. The van der Waals surface area contributed by atoms with Crippen molar-refractivity contribution in [2.45, 2.75) is 6.42 Å². The highest BCUT2D eigenvalue weighted by molar-refractivity contribution is 6.22. The fourth-order valence-electron chi connectivity index (χ4n) is 4.91. The van der Waals surface area contributed by atoms with E-state index in [2.05, 4.69) is 0 Å². The lowest BCUT2D eigenvalue weighted by atomic mass is 9.87. The van der Waals surface area contributed by atoms with Gasteiger partial charge in [0.25, 0.3) is 0 Å². The summed E-state index contributed by atoms with van der Waals surface area (Å²) in [6.45, 7) is 0. The number of hydrogen-bond acceptors (Lipinski definition) is 5. The Bertz CT molecular complexity index is 1770. The van der Waals surface area contributed by atoms with Crippen molar-refractivity contribution in [3.8, 4) is 28.4 Å². The maximum absolute atomic E-state index is 12.0. The van der Waals surface area contributed by atoms with Crippen molar-refractivity contribution in [1.82, 2.24) is 0 Å². The lowest BCUT2D eigenvalue weighted by Crippen LogP contribution is -2.27. The standard InChI is InChI=1S/C26H16O5/c27-11-13-2-1-12-3-4-17-15-6-7-16-20(26(31)22(29)10-21(16)28)9-19(15)25(30)18-8-5-14(13)23(12)24(17)18/h1-7,9-11,27-28,30-31H,8H2. The molecule has 0 bridgehead atoms. The van der Waals surface area contributed by atoms with Crippen LogP contribution in [-0.2, 0) is 6.42 Å². The Morgan fingerprint density at radius 3 is 2.35 bits per heavy atom. The summed E-state index contributed by atoms with van der Waals surface area (Å²) in [6, 6.07) is 13.8. The Balaban J connectivity index is 1.93. The van der Waals surface area contributed by atoms with Crippen LogP contribution in [0.25, 0.3) is 55.8 Å². The first kappa shape index (κ1) is 17.6. The minimum Gasteiger partial charge on any atom is -0.515 e. The number of aliphatic hydroxyl groups excluding tert-OH is 1. The average molecular weight is 408 g/mol. The summed E-state index contributed by atoms with van der Waals surface area (Å²) in [5, 5.41) is 48.2. The quantitative estimate of drug-likeness (QED) is 0.233. The minimum atomic E-state index is -0.678. The van der Waals surface area contributed by atoms with Gasteiger partial charge in [0.2, 0.25) is 5.43 Å². The van der Waals surface area contributed by atoms with Crippen molar-refractivity contribution in [2.24, 2.45) is 0 Å². The molecule has 31 heavy (non-hydrogen) atoms. The maximum Gasteiger partial charge on any atom is 0.224 e. The van der Waals surface area contributed by atoms with Crippen LogP contribution in [0.5, 0.6) is 17.2 Å². The first-order chi connectivity index (χ1) is 15.0. The fourth-order valence-corrected chi connectivity index (χ4v) is 4.91. The molecule has 0 unspecified atom stereocenters. The molecule has 6 rings (SSSR count). The monoisotopic (exact) mass is 408 g/mol. The van der Waals surface area contributed by atoms with Gasteiger partial charge in [-0.3, -0.25) is 4.79 Å². The molecular weight excluding hydrogens is 392 g/mol. The topological polar surface area (TPSA) is 98.0 Å². The Labute approximate surface area is 175 Å². The number of rotatable bonds is 0. The summed E-state index contributed by atoms with van der Waals surface area (Å²) in [6.07, 6.45) is 3.54. The molecule has 3 aromatic rings. The largest absolute Gasteiger partial charge is 0.515 e. The molecule has 4 N–H and O–H groups in total. The zero-order valence-corrected chi connectivity index (χ0v) is 16.2. The summed E-state index contributed by atoms with van der Waals surface area (Å²) in [5.41, 5.74) is 0.572. The third-order valence-electron chi connectivity index (χ3n) is 6.36. The van der Waals surface area contributed by atoms with Crippen LogP contribution in [0.4, 0.5) is 0 Å². The van der Waals surface area contributed by atoms with Crippen LogP contribution in [0.3, 0.4) is 0 Å². The number of fused-ring (bicyclic) bond motifs is 3. The van der Waals surface area contributed by atoms with Crippen LogP contribution in [0, 0.1) is 0 Å². The van der Waals surface area contributed by atoms with Gasteiger partial charge >= 0.3 is 0 Å². The van der Waals surface area contributed by atoms with E-state index in [9.17, 15) is 25.2 Å². The SMILES string of the molecule is O=c1cc(O)c2ccc3c(cc-2c1O)c(O)c1c2c3ccc3ccc(=CO)c(c32)=CC1. The van der Waals surface area contributed by atoms with Crippen molar-refractivity contribution in [3.63, 3.8) is 0 Å². The molecule has 3 aromatic carbocycles. The van der Waals surface area contributed by atoms with Gasteiger partial charge in [0, 0.05) is 33.4 Å². The molecule has 0 saturated heterocycles. The summed E-state index contributed by atoms with van der Waals surface area (Å²) in [7, 11) is 0. The highest BCUT2D eigenvalue weighted by Gasteiger charge is 2.21. The number of benzene rings is 4. The maximum atomic E-state index is 12.0. The molecule has 5 nitrogen and oxygen atoms in total. The number of aliphatic hydroxyl groups is 1. The van der Waals surface area contributed by atoms with Crippen LogP contribution in [0.2, 0.25) is 0 Å². The van der Waals surface area contributed by atoms with E-state index in [0.29, 0.717) is 22.6 Å². The van der Waals surface area contributed by atoms with E-state index in [1.807, 2.05) is 30.3 Å². The molecular formula is C26H16O5. The normalized spacial score (nSPS) is 13.5. The van der Waals surface area contributed by atoms with E-state index >= 15 is 0 Å². The van der Waals surface area contributed by atoms with E-state index in [1.165, 1.54) is 0 Å². The molecule has 3 aliphatic carbocycles. The predicted octanol–water partition coefficient (Wildman–Crippen LogP) is 3.36. The molecule has 0 amide bonds. The highest BCUT2D eigenvalue weighted by atomic mass is 16.3. The Morgan fingerprint density at radius 1 is 0.774 bits per heavy atom. The second-order valence-electron chi connectivity index (χ2n) is 7.89. The molecule has 0 saturated carbocycles. The summed E-state index contributed by atoms with van der Waals surface area (Å²) in [4.78, 5) is 12.0. The smallest absolute Gasteiger partial charge is 0.224 e. The van der Waals surface area contributed by atoms with Crippen LogP contribution >= 0.6 is 0 Å². The van der Waals surface area contributed by atoms with Crippen molar-refractivity contribution >= 4 is 44.7 Å². The van der Waals surface area contributed by atoms with Gasteiger partial charge in [0.05, 0.1) is 6.26 Å². The van der Waals surface area contributed by atoms with Crippen LogP contribution < -0.4 is 15.9 Å². The van der Waals surface area contributed by atoms with Crippen molar-refractivity contribution in [3.05, 3.63) is 74.8 Å². The summed E-state index contributed by atoms with van der Waals surface area (Å²) >= 11 is 0. The number of phenolic OH excluding ortho intramolecular Hbond substituents is 3. The number of aromatic hydroxyl groups is 3. The van der Waals surface area contributed by atoms with Gasteiger partial charge in [-0.25, -0.2) is 0 Å². The first-order valence-corrected chi connectivity index (χ1v) is 9.86. The molecule has 0 atom stereocenters. The Hall–Kier alpha value is -4.25. The van der Waals surface area contributed by atoms with Gasteiger partial charge in [-0.05, 0) is 50.7 Å². The van der Waals surface area contributed by atoms with Crippen molar-refractivity contribution in [1.29, 1.82) is 0 Å². The molecule has 0 aliphatic heterocycles. The van der Waals surface area contributed by atoms with Gasteiger partial charge in [-0.1, -0.05) is 36.4 Å². The van der Waals surface area contributed by atoms with E-state index in [0.717, 1.165) is 50.0 Å².